The third-order valence-corrected chi connectivity index (χ3v) is 3.37. The zero-order chi connectivity index (χ0) is 16.1. The predicted molar refractivity (Wildman–Crippen MR) is 86.3 cm³/mol. The van der Waals surface area contributed by atoms with Crippen LogP contribution in [0.3, 0.4) is 0 Å². The van der Waals surface area contributed by atoms with Crippen molar-refractivity contribution in [1.82, 2.24) is 0 Å². The number of aromatic carboxylic acids is 1. The summed E-state index contributed by atoms with van der Waals surface area (Å²) >= 11 is 3.33. The summed E-state index contributed by atoms with van der Waals surface area (Å²) < 4.78 is 6.42. The zero-order valence-corrected chi connectivity index (χ0v) is 13.3. The largest absolute Gasteiger partial charge is 0.481 e. The van der Waals surface area contributed by atoms with Gasteiger partial charge in [-0.2, -0.15) is 0 Å². The molecule has 1 amide bonds. The Bertz CT molecular complexity index is 685. The van der Waals surface area contributed by atoms with Crippen molar-refractivity contribution in [1.29, 1.82) is 0 Å². The van der Waals surface area contributed by atoms with Crippen LogP contribution in [-0.4, -0.2) is 23.1 Å². The van der Waals surface area contributed by atoms with Crippen LogP contribution in [0.2, 0.25) is 0 Å². The molecule has 0 fully saturated rings. The maximum Gasteiger partial charge on any atom is 0.335 e. The molecule has 2 N–H and O–H groups in total. The van der Waals surface area contributed by atoms with Gasteiger partial charge >= 0.3 is 5.97 Å². The first-order valence-electron chi connectivity index (χ1n) is 6.52. The lowest BCUT2D eigenvalue weighted by atomic mass is 10.2. The maximum absolute atomic E-state index is 12.1. The maximum atomic E-state index is 12.1. The molecule has 2 aromatic carbocycles. The van der Waals surface area contributed by atoms with Gasteiger partial charge in [0.25, 0.3) is 5.91 Å². The van der Waals surface area contributed by atoms with Gasteiger partial charge in [0.05, 0.1) is 5.56 Å². The Labute approximate surface area is 136 Å². The number of carbonyl (C=O) groups is 2. The van der Waals surface area contributed by atoms with Crippen LogP contribution in [0.5, 0.6) is 5.75 Å². The van der Waals surface area contributed by atoms with Gasteiger partial charge in [-0.3, -0.25) is 4.79 Å². The number of nitrogens with one attached hydrogen (secondary N) is 1. The molecular weight excluding hydrogens is 350 g/mol. The van der Waals surface area contributed by atoms with E-state index in [1.807, 2.05) is 12.1 Å². The van der Waals surface area contributed by atoms with Gasteiger partial charge in [0, 0.05) is 10.2 Å². The molecule has 0 aliphatic rings. The summed E-state index contributed by atoms with van der Waals surface area (Å²) in [6.07, 6.45) is -0.687. The van der Waals surface area contributed by atoms with Crippen molar-refractivity contribution in [2.75, 3.05) is 5.32 Å². The second-order valence-corrected chi connectivity index (χ2v) is 5.50. The van der Waals surface area contributed by atoms with Crippen molar-refractivity contribution < 1.29 is 19.4 Å². The smallest absolute Gasteiger partial charge is 0.335 e. The molecular formula is C16H14BrNO4. The van der Waals surface area contributed by atoms with E-state index in [-0.39, 0.29) is 11.5 Å². The van der Waals surface area contributed by atoms with Crippen molar-refractivity contribution >= 4 is 33.5 Å². The van der Waals surface area contributed by atoms with Gasteiger partial charge < -0.3 is 15.2 Å². The number of benzene rings is 2. The first kappa shape index (κ1) is 16.0. The number of carboxylic acid groups (broad SMARTS) is 1. The number of halogens is 1. The lowest BCUT2D eigenvalue weighted by Crippen LogP contribution is -2.30. The van der Waals surface area contributed by atoms with Crippen LogP contribution in [0.15, 0.2) is 53.0 Å². The number of hydrogen-bond acceptors (Lipinski definition) is 3. The number of carboxylic acids is 1. The van der Waals surface area contributed by atoms with Crippen LogP contribution in [0.4, 0.5) is 5.69 Å². The van der Waals surface area contributed by atoms with Crippen LogP contribution in [0.1, 0.15) is 17.3 Å². The van der Waals surface area contributed by atoms with Crippen molar-refractivity contribution in [3.63, 3.8) is 0 Å². The second-order valence-electron chi connectivity index (χ2n) is 4.59. The van der Waals surface area contributed by atoms with Gasteiger partial charge in [-0.25, -0.2) is 4.79 Å². The molecule has 0 aromatic heterocycles. The Morgan fingerprint density at radius 2 is 1.86 bits per heavy atom. The Morgan fingerprint density at radius 3 is 2.45 bits per heavy atom. The molecule has 0 spiro atoms. The highest BCUT2D eigenvalue weighted by atomic mass is 79.9. The number of hydrogen-bond donors (Lipinski definition) is 2. The Morgan fingerprint density at radius 1 is 1.18 bits per heavy atom. The van der Waals surface area contributed by atoms with Crippen molar-refractivity contribution in [3.8, 4) is 5.75 Å². The molecule has 0 bridgehead atoms. The summed E-state index contributed by atoms with van der Waals surface area (Å²) in [7, 11) is 0. The van der Waals surface area contributed by atoms with E-state index in [1.165, 1.54) is 24.3 Å². The lowest BCUT2D eigenvalue weighted by molar-refractivity contribution is -0.122. The minimum atomic E-state index is -1.01. The van der Waals surface area contributed by atoms with Crippen molar-refractivity contribution in [2.24, 2.45) is 0 Å². The molecule has 0 saturated heterocycles. The molecule has 1 atom stereocenters. The molecule has 6 heteroatoms. The Balaban J connectivity index is 1.97. The fourth-order valence-electron chi connectivity index (χ4n) is 1.74. The second kappa shape index (κ2) is 7.09. The molecule has 0 aliphatic heterocycles. The van der Waals surface area contributed by atoms with Crippen LogP contribution < -0.4 is 10.1 Å². The SMILES string of the molecule is CC(Oc1cccc(Br)c1)C(=O)Nc1ccc(C(=O)O)cc1. The summed E-state index contributed by atoms with van der Waals surface area (Å²) in [4.78, 5) is 22.8. The lowest BCUT2D eigenvalue weighted by Gasteiger charge is -2.15. The average molecular weight is 364 g/mol. The van der Waals surface area contributed by atoms with E-state index in [9.17, 15) is 9.59 Å². The number of amides is 1. The Kier molecular flexibility index (Phi) is 5.16. The van der Waals surface area contributed by atoms with Crippen LogP contribution in [0.25, 0.3) is 0 Å². The fraction of sp³-hybridized carbons (Fsp3) is 0.125. The molecule has 0 saturated carbocycles. The monoisotopic (exact) mass is 363 g/mol. The topological polar surface area (TPSA) is 75.6 Å². The molecule has 0 radical (unpaired) electrons. The molecule has 1 unspecified atom stereocenters. The minimum Gasteiger partial charge on any atom is -0.481 e. The van der Waals surface area contributed by atoms with E-state index < -0.39 is 12.1 Å². The molecule has 0 heterocycles. The van der Waals surface area contributed by atoms with Gasteiger partial charge in [0.1, 0.15) is 5.75 Å². The van der Waals surface area contributed by atoms with Gasteiger partial charge in [0.2, 0.25) is 0 Å². The number of ether oxygens (including phenoxy) is 1. The first-order chi connectivity index (χ1) is 10.5. The molecule has 5 nitrogen and oxygen atoms in total. The van der Waals surface area contributed by atoms with E-state index in [2.05, 4.69) is 21.2 Å². The fourth-order valence-corrected chi connectivity index (χ4v) is 2.12. The highest BCUT2D eigenvalue weighted by Crippen LogP contribution is 2.19. The summed E-state index contributed by atoms with van der Waals surface area (Å²) in [5.41, 5.74) is 0.677. The van der Waals surface area contributed by atoms with Gasteiger partial charge in [-0.05, 0) is 49.4 Å². The molecule has 114 valence electrons. The summed E-state index contributed by atoms with van der Waals surface area (Å²) in [5, 5.41) is 11.5. The van der Waals surface area contributed by atoms with E-state index >= 15 is 0 Å². The quantitative estimate of drug-likeness (QED) is 0.851. The highest BCUT2D eigenvalue weighted by molar-refractivity contribution is 9.10. The van der Waals surface area contributed by atoms with Crippen molar-refractivity contribution in [2.45, 2.75) is 13.0 Å². The predicted octanol–water partition coefficient (Wildman–Crippen LogP) is 3.55. The van der Waals surface area contributed by atoms with E-state index in [4.69, 9.17) is 9.84 Å². The first-order valence-corrected chi connectivity index (χ1v) is 7.31. The normalized spacial score (nSPS) is 11.5. The van der Waals surface area contributed by atoms with E-state index in [0.717, 1.165) is 4.47 Å². The number of carbonyl (C=O) groups excluding carboxylic acids is 1. The molecule has 0 aliphatic carbocycles. The molecule has 2 rings (SSSR count). The summed E-state index contributed by atoms with van der Waals surface area (Å²) in [6.45, 7) is 1.64. The minimum absolute atomic E-state index is 0.163. The highest BCUT2D eigenvalue weighted by Gasteiger charge is 2.15. The zero-order valence-electron chi connectivity index (χ0n) is 11.7. The number of anilines is 1. The standard InChI is InChI=1S/C16H14BrNO4/c1-10(22-14-4-2-3-12(17)9-14)15(19)18-13-7-5-11(6-8-13)16(20)21/h2-10H,1H3,(H,18,19)(H,20,21). The van der Waals surface area contributed by atoms with Gasteiger partial charge in [-0.15, -0.1) is 0 Å². The van der Waals surface area contributed by atoms with E-state index in [0.29, 0.717) is 11.4 Å². The van der Waals surface area contributed by atoms with Crippen LogP contribution in [0, 0.1) is 0 Å². The van der Waals surface area contributed by atoms with Gasteiger partial charge in [-0.1, -0.05) is 22.0 Å². The third kappa shape index (κ3) is 4.33. The van der Waals surface area contributed by atoms with Crippen molar-refractivity contribution in [3.05, 3.63) is 58.6 Å². The molecule has 2 aromatic rings. The summed E-state index contributed by atoms with van der Waals surface area (Å²) in [6, 6.07) is 13.1. The van der Waals surface area contributed by atoms with Crippen LogP contribution >= 0.6 is 15.9 Å². The average Bonchev–Trinajstić information content (AvgIpc) is 2.47. The summed E-state index contributed by atoms with van der Waals surface area (Å²) in [5.74, 6) is -0.745. The van der Waals surface area contributed by atoms with Crippen LogP contribution in [-0.2, 0) is 4.79 Å². The Hall–Kier alpha value is -2.34. The van der Waals surface area contributed by atoms with Gasteiger partial charge in [0.15, 0.2) is 6.10 Å². The van der Waals surface area contributed by atoms with E-state index in [1.54, 1.807) is 19.1 Å². The number of rotatable bonds is 5. The third-order valence-electron chi connectivity index (χ3n) is 2.88. The molecule has 22 heavy (non-hydrogen) atoms.